The molecule has 1 rings (SSSR count). The lowest BCUT2D eigenvalue weighted by molar-refractivity contribution is -0.141. The van der Waals surface area contributed by atoms with E-state index in [0.717, 1.165) is 0 Å². The first-order chi connectivity index (χ1) is 7.41. The zero-order chi connectivity index (χ0) is 12.3. The van der Waals surface area contributed by atoms with E-state index in [-0.39, 0.29) is 5.75 Å². The fraction of sp³-hybridized carbons (Fsp3) is 0.200. The molecule has 1 atom stereocenters. The van der Waals surface area contributed by atoms with Gasteiger partial charge in [-0.05, 0) is 33.6 Å². The minimum Gasteiger partial charge on any atom is -0.507 e. The Bertz CT molecular complexity index is 433. The van der Waals surface area contributed by atoms with Gasteiger partial charge in [0.1, 0.15) is 5.75 Å². The number of phenolic OH excluding ortho intramolecular Hbond substituents is 1. The Morgan fingerprint density at radius 2 is 2.06 bits per heavy atom. The summed E-state index contributed by atoms with van der Waals surface area (Å²) in [6, 6.07) is 3.13. The maximum atomic E-state index is 10.9. The number of hydrogen-bond donors (Lipinski definition) is 3. The minimum atomic E-state index is -1.16. The van der Waals surface area contributed by atoms with Gasteiger partial charge in [-0.25, -0.2) is 4.79 Å². The molecule has 0 heterocycles. The minimum absolute atomic E-state index is 0.00992. The van der Waals surface area contributed by atoms with E-state index in [1.807, 2.05) is 0 Å². The van der Waals surface area contributed by atoms with Crippen LogP contribution in [0.25, 0.3) is 0 Å². The summed E-state index contributed by atoms with van der Waals surface area (Å²) in [6.07, 6.45) is 0. The first kappa shape index (κ1) is 12.5. The second kappa shape index (κ2) is 4.98. The van der Waals surface area contributed by atoms with Gasteiger partial charge in [0.25, 0.3) is 0 Å². The van der Waals surface area contributed by atoms with Crippen molar-refractivity contribution < 1.29 is 19.8 Å². The fourth-order valence-electron chi connectivity index (χ4n) is 1.19. The average Bonchev–Trinajstić information content (AvgIpc) is 2.18. The number of benzene rings is 1. The second-order valence-corrected chi connectivity index (χ2v) is 4.04. The largest absolute Gasteiger partial charge is 0.507 e. The van der Waals surface area contributed by atoms with Crippen molar-refractivity contribution in [2.75, 3.05) is 0 Å². The van der Waals surface area contributed by atoms with Crippen molar-refractivity contribution in [3.05, 3.63) is 28.2 Å². The summed E-state index contributed by atoms with van der Waals surface area (Å²) in [7, 11) is 0. The lowest BCUT2D eigenvalue weighted by Gasteiger charge is -2.14. The summed E-state index contributed by atoms with van der Waals surface area (Å²) in [4.78, 5) is 21.8. The number of carboxylic acids is 1. The van der Waals surface area contributed by atoms with E-state index >= 15 is 0 Å². The molecular formula is C10H10BrNO4. The first-order valence-corrected chi connectivity index (χ1v) is 5.19. The molecule has 0 aliphatic rings. The summed E-state index contributed by atoms with van der Waals surface area (Å²) in [6.45, 7) is 1.24. The van der Waals surface area contributed by atoms with Gasteiger partial charge < -0.3 is 15.5 Å². The van der Waals surface area contributed by atoms with Gasteiger partial charge in [0.2, 0.25) is 5.91 Å². The summed E-state index contributed by atoms with van der Waals surface area (Å²) < 4.78 is 0.376. The van der Waals surface area contributed by atoms with E-state index < -0.39 is 17.9 Å². The Labute approximate surface area is 100 Å². The van der Waals surface area contributed by atoms with Gasteiger partial charge >= 0.3 is 5.97 Å². The molecule has 1 aromatic rings. The van der Waals surface area contributed by atoms with Crippen LogP contribution < -0.4 is 5.32 Å². The van der Waals surface area contributed by atoms with E-state index in [0.29, 0.717) is 10.0 Å². The number of rotatable bonds is 3. The number of amides is 1. The predicted molar refractivity (Wildman–Crippen MR) is 60.0 cm³/mol. The van der Waals surface area contributed by atoms with Crippen LogP contribution in [0.5, 0.6) is 5.75 Å². The van der Waals surface area contributed by atoms with E-state index in [2.05, 4.69) is 21.2 Å². The maximum absolute atomic E-state index is 10.9. The molecule has 16 heavy (non-hydrogen) atoms. The van der Waals surface area contributed by atoms with Gasteiger partial charge in [-0.2, -0.15) is 0 Å². The highest BCUT2D eigenvalue weighted by molar-refractivity contribution is 9.10. The van der Waals surface area contributed by atoms with Crippen molar-refractivity contribution in [2.24, 2.45) is 0 Å². The molecule has 0 aliphatic carbocycles. The van der Waals surface area contributed by atoms with Crippen LogP contribution in [0.2, 0.25) is 0 Å². The maximum Gasteiger partial charge on any atom is 0.330 e. The molecule has 0 fully saturated rings. The molecule has 0 saturated heterocycles. The molecule has 1 amide bonds. The van der Waals surface area contributed by atoms with Gasteiger partial charge in [0.05, 0.1) is 4.47 Å². The number of halogens is 1. The van der Waals surface area contributed by atoms with Crippen LogP contribution in [0.15, 0.2) is 22.7 Å². The zero-order valence-corrected chi connectivity index (χ0v) is 9.98. The van der Waals surface area contributed by atoms with Crippen molar-refractivity contribution in [1.29, 1.82) is 0 Å². The number of carboxylic acid groups (broad SMARTS) is 1. The van der Waals surface area contributed by atoms with E-state index in [1.54, 1.807) is 0 Å². The molecule has 1 aromatic carbocycles. The lowest BCUT2D eigenvalue weighted by Crippen LogP contribution is -2.31. The van der Waals surface area contributed by atoms with Crippen LogP contribution in [-0.2, 0) is 9.59 Å². The number of carbonyl (C=O) groups is 2. The number of hydrogen-bond acceptors (Lipinski definition) is 3. The number of aromatic hydroxyl groups is 1. The first-order valence-electron chi connectivity index (χ1n) is 4.40. The molecule has 3 N–H and O–H groups in total. The summed E-state index contributed by atoms with van der Waals surface area (Å²) in [5.74, 6) is -1.58. The number of nitrogens with one attached hydrogen (secondary N) is 1. The molecule has 0 aliphatic heterocycles. The van der Waals surface area contributed by atoms with Crippen LogP contribution >= 0.6 is 15.9 Å². The predicted octanol–water partition coefficient (Wildman–Crippen LogP) is 1.42. The number of aliphatic carboxylic acids is 1. The molecule has 86 valence electrons. The summed E-state index contributed by atoms with van der Waals surface area (Å²) >= 11 is 3.07. The van der Waals surface area contributed by atoms with Crippen LogP contribution in [-0.4, -0.2) is 22.1 Å². The van der Waals surface area contributed by atoms with E-state index in [1.165, 1.54) is 25.1 Å². The van der Waals surface area contributed by atoms with Crippen LogP contribution in [0.4, 0.5) is 0 Å². The SMILES string of the molecule is CC(=O)NC(C(=O)O)c1ccc(O)c(Br)c1. The molecule has 5 nitrogen and oxygen atoms in total. The third kappa shape index (κ3) is 2.96. The molecule has 1 unspecified atom stereocenters. The third-order valence-corrected chi connectivity index (χ3v) is 2.53. The van der Waals surface area contributed by atoms with E-state index in [4.69, 9.17) is 5.11 Å². The second-order valence-electron chi connectivity index (χ2n) is 3.18. The van der Waals surface area contributed by atoms with Gasteiger partial charge in [-0.15, -0.1) is 0 Å². The average molecular weight is 288 g/mol. The zero-order valence-electron chi connectivity index (χ0n) is 8.40. The Balaban J connectivity index is 3.06. The Hall–Kier alpha value is -1.56. The van der Waals surface area contributed by atoms with Gasteiger partial charge in [0, 0.05) is 6.92 Å². The van der Waals surface area contributed by atoms with Crippen molar-refractivity contribution in [1.82, 2.24) is 5.32 Å². The van der Waals surface area contributed by atoms with Crippen LogP contribution in [0.1, 0.15) is 18.5 Å². The molecule has 0 radical (unpaired) electrons. The monoisotopic (exact) mass is 287 g/mol. The van der Waals surface area contributed by atoms with Gasteiger partial charge in [-0.1, -0.05) is 6.07 Å². The van der Waals surface area contributed by atoms with Gasteiger partial charge in [-0.3, -0.25) is 4.79 Å². The number of carbonyl (C=O) groups excluding carboxylic acids is 1. The molecule has 6 heteroatoms. The molecule has 0 spiro atoms. The highest BCUT2D eigenvalue weighted by atomic mass is 79.9. The Kier molecular flexibility index (Phi) is 3.89. The highest BCUT2D eigenvalue weighted by Gasteiger charge is 2.21. The summed E-state index contributed by atoms with van der Waals surface area (Å²) in [5, 5.41) is 20.5. The molecule has 0 bridgehead atoms. The summed E-state index contributed by atoms with van der Waals surface area (Å²) in [5.41, 5.74) is 0.382. The van der Waals surface area contributed by atoms with Crippen molar-refractivity contribution in [3.63, 3.8) is 0 Å². The third-order valence-electron chi connectivity index (χ3n) is 1.90. The quantitative estimate of drug-likeness (QED) is 0.785. The topological polar surface area (TPSA) is 86.6 Å². The van der Waals surface area contributed by atoms with Crippen LogP contribution in [0.3, 0.4) is 0 Å². The normalized spacial score (nSPS) is 11.9. The van der Waals surface area contributed by atoms with E-state index in [9.17, 15) is 14.7 Å². The van der Waals surface area contributed by atoms with Crippen molar-refractivity contribution in [2.45, 2.75) is 13.0 Å². The standard InChI is InChI=1S/C10H10BrNO4/c1-5(13)12-9(10(15)16)6-2-3-8(14)7(11)4-6/h2-4,9,14H,1H3,(H,12,13)(H,15,16). The molecule has 0 saturated carbocycles. The smallest absolute Gasteiger partial charge is 0.330 e. The Morgan fingerprint density at radius 1 is 1.44 bits per heavy atom. The highest BCUT2D eigenvalue weighted by Crippen LogP contribution is 2.27. The molecular weight excluding hydrogens is 278 g/mol. The number of phenols is 1. The fourth-order valence-corrected chi connectivity index (χ4v) is 1.59. The van der Waals surface area contributed by atoms with Crippen molar-refractivity contribution in [3.8, 4) is 5.75 Å². The van der Waals surface area contributed by atoms with Gasteiger partial charge in [0.15, 0.2) is 6.04 Å². The van der Waals surface area contributed by atoms with Crippen molar-refractivity contribution >= 4 is 27.8 Å². The molecule has 0 aromatic heterocycles. The lowest BCUT2D eigenvalue weighted by atomic mass is 10.1. The van der Waals surface area contributed by atoms with Crippen LogP contribution in [0, 0.1) is 0 Å². The Morgan fingerprint density at radius 3 is 2.50 bits per heavy atom.